The molecule has 0 saturated carbocycles. The minimum Gasteiger partial charge on any atom is -0.302 e. The van der Waals surface area contributed by atoms with Crippen molar-refractivity contribution in [3.8, 4) is 0 Å². The molecule has 0 bridgehead atoms. The summed E-state index contributed by atoms with van der Waals surface area (Å²) >= 11 is 4.95. The fourth-order valence-electron chi connectivity index (χ4n) is 3.28. The van der Waals surface area contributed by atoms with Crippen LogP contribution in [-0.2, 0) is 24.2 Å². The van der Waals surface area contributed by atoms with Gasteiger partial charge >= 0.3 is 0 Å². The number of nitrogens with one attached hydrogen (secondary N) is 1. The van der Waals surface area contributed by atoms with Gasteiger partial charge in [-0.05, 0) is 43.9 Å². The Kier molecular flexibility index (Phi) is 5.36. The zero-order chi connectivity index (χ0) is 18.8. The summed E-state index contributed by atoms with van der Waals surface area (Å²) in [7, 11) is 0. The van der Waals surface area contributed by atoms with Gasteiger partial charge < -0.3 is 5.32 Å². The molecule has 3 aromatic rings. The Morgan fingerprint density at radius 1 is 1.26 bits per heavy atom. The molecular formula is C19H19BrN4O2S. The SMILES string of the molecule is O=C(CCn1cnc2ccc(Br)cc2c1=O)Nc1nc2c(s1)CCCCC2. The van der Waals surface area contributed by atoms with Crippen LogP contribution >= 0.6 is 27.3 Å². The normalized spacial score (nSPS) is 14.0. The average molecular weight is 447 g/mol. The van der Waals surface area contributed by atoms with E-state index in [0.717, 1.165) is 29.4 Å². The van der Waals surface area contributed by atoms with Crippen molar-refractivity contribution in [1.29, 1.82) is 0 Å². The Bertz CT molecular complexity index is 1040. The number of nitrogens with zero attached hydrogens (tertiary/aromatic N) is 3. The number of hydrogen-bond acceptors (Lipinski definition) is 5. The maximum absolute atomic E-state index is 12.6. The van der Waals surface area contributed by atoms with Crippen molar-refractivity contribution < 1.29 is 4.79 Å². The second kappa shape index (κ2) is 7.90. The van der Waals surface area contributed by atoms with Crippen LogP contribution in [0.2, 0.25) is 0 Å². The largest absolute Gasteiger partial charge is 0.302 e. The lowest BCUT2D eigenvalue weighted by atomic mass is 10.2. The highest BCUT2D eigenvalue weighted by Gasteiger charge is 2.15. The molecule has 0 radical (unpaired) electrons. The summed E-state index contributed by atoms with van der Waals surface area (Å²) in [4.78, 5) is 35.1. The lowest BCUT2D eigenvalue weighted by Crippen LogP contribution is -2.23. The quantitative estimate of drug-likeness (QED) is 0.616. The molecule has 1 aromatic carbocycles. The maximum atomic E-state index is 12.6. The van der Waals surface area contributed by atoms with Crippen LogP contribution in [0, 0.1) is 0 Å². The van der Waals surface area contributed by atoms with Crippen LogP contribution in [0.3, 0.4) is 0 Å². The highest BCUT2D eigenvalue weighted by Crippen LogP contribution is 2.28. The van der Waals surface area contributed by atoms with Crippen molar-refractivity contribution in [2.45, 2.75) is 45.1 Å². The van der Waals surface area contributed by atoms with Crippen LogP contribution in [0.25, 0.3) is 10.9 Å². The summed E-state index contributed by atoms with van der Waals surface area (Å²) < 4.78 is 2.30. The average Bonchev–Trinajstić information content (AvgIpc) is 2.89. The number of benzene rings is 1. The predicted octanol–water partition coefficient (Wildman–Crippen LogP) is 3.91. The first-order valence-corrected chi connectivity index (χ1v) is 10.6. The standard InChI is InChI=1S/C19H19BrN4O2S/c20-12-6-7-14-13(10-12)18(26)24(11-21-14)9-8-17(25)23-19-22-15-4-2-1-3-5-16(15)27-19/h6-7,10-11H,1-5,8-9H2,(H,22,23,25). The number of amides is 1. The van der Waals surface area contributed by atoms with Crippen LogP contribution in [0.1, 0.15) is 36.3 Å². The Labute approximate surface area is 168 Å². The zero-order valence-corrected chi connectivity index (χ0v) is 17.1. The van der Waals surface area contributed by atoms with Gasteiger partial charge in [0, 0.05) is 22.3 Å². The van der Waals surface area contributed by atoms with Gasteiger partial charge in [0.05, 0.1) is 22.9 Å². The molecule has 2 aromatic heterocycles. The minimum atomic E-state index is -0.143. The number of halogens is 1. The number of aryl methyl sites for hydroxylation is 3. The fraction of sp³-hybridized carbons (Fsp3) is 0.368. The second-order valence-electron chi connectivity index (χ2n) is 6.65. The molecule has 27 heavy (non-hydrogen) atoms. The number of hydrogen-bond donors (Lipinski definition) is 1. The van der Waals surface area contributed by atoms with E-state index in [4.69, 9.17) is 0 Å². The molecule has 8 heteroatoms. The van der Waals surface area contributed by atoms with E-state index in [1.807, 2.05) is 6.07 Å². The van der Waals surface area contributed by atoms with E-state index in [2.05, 4.69) is 31.2 Å². The van der Waals surface area contributed by atoms with Gasteiger partial charge in [-0.15, -0.1) is 11.3 Å². The van der Waals surface area contributed by atoms with Crippen molar-refractivity contribution in [3.05, 3.63) is 49.9 Å². The lowest BCUT2D eigenvalue weighted by molar-refractivity contribution is -0.116. The van der Waals surface area contributed by atoms with Crippen molar-refractivity contribution in [3.63, 3.8) is 0 Å². The Hall–Kier alpha value is -2.06. The number of aromatic nitrogens is 3. The van der Waals surface area contributed by atoms with Crippen LogP contribution in [0.5, 0.6) is 0 Å². The Morgan fingerprint density at radius 2 is 2.11 bits per heavy atom. The molecule has 0 unspecified atom stereocenters. The summed E-state index contributed by atoms with van der Waals surface area (Å²) in [6.07, 6.45) is 7.35. The van der Waals surface area contributed by atoms with Crippen molar-refractivity contribution >= 4 is 49.2 Å². The molecule has 0 saturated heterocycles. The van der Waals surface area contributed by atoms with Crippen LogP contribution in [0.15, 0.2) is 33.8 Å². The van der Waals surface area contributed by atoms with Gasteiger partial charge in [-0.1, -0.05) is 22.4 Å². The number of rotatable bonds is 4. The van der Waals surface area contributed by atoms with E-state index in [1.54, 1.807) is 23.5 Å². The van der Waals surface area contributed by atoms with Gasteiger partial charge in [0.1, 0.15) is 0 Å². The number of carbonyl (C=O) groups excluding carboxylic acids is 1. The van der Waals surface area contributed by atoms with E-state index < -0.39 is 0 Å². The highest BCUT2D eigenvalue weighted by molar-refractivity contribution is 9.10. The van der Waals surface area contributed by atoms with Gasteiger partial charge in [0.25, 0.3) is 5.56 Å². The summed E-state index contributed by atoms with van der Waals surface area (Å²) in [6.45, 7) is 0.283. The summed E-state index contributed by atoms with van der Waals surface area (Å²) in [5.74, 6) is -0.139. The van der Waals surface area contributed by atoms with Gasteiger partial charge in [-0.3, -0.25) is 14.2 Å². The molecule has 2 heterocycles. The van der Waals surface area contributed by atoms with Crippen molar-refractivity contribution in [2.75, 3.05) is 5.32 Å². The molecular weight excluding hydrogens is 428 g/mol. The Morgan fingerprint density at radius 3 is 3.00 bits per heavy atom. The fourth-order valence-corrected chi connectivity index (χ4v) is 4.70. The van der Waals surface area contributed by atoms with Crippen molar-refractivity contribution in [2.24, 2.45) is 0 Å². The molecule has 0 fully saturated rings. The first-order valence-electron chi connectivity index (χ1n) is 9.03. The maximum Gasteiger partial charge on any atom is 0.261 e. The van der Waals surface area contributed by atoms with Gasteiger partial charge in [0.2, 0.25) is 5.91 Å². The molecule has 1 aliphatic rings. The smallest absolute Gasteiger partial charge is 0.261 e. The van der Waals surface area contributed by atoms with Crippen LogP contribution < -0.4 is 10.9 Å². The van der Waals surface area contributed by atoms with Crippen LogP contribution in [-0.4, -0.2) is 20.4 Å². The molecule has 0 spiro atoms. The molecule has 1 amide bonds. The van der Waals surface area contributed by atoms with E-state index in [9.17, 15) is 9.59 Å². The highest BCUT2D eigenvalue weighted by atomic mass is 79.9. The molecule has 140 valence electrons. The van der Waals surface area contributed by atoms with Crippen LogP contribution in [0.4, 0.5) is 5.13 Å². The number of anilines is 1. The second-order valence-corrected chi connectivity index (χ2v) is 8.65. The molecule has 0 aliphatic heterocycles. The van der Waals surface area contributed by atoms with E-state index >= 15 is 0 Å². The van der Waals surface area contributed by atoms with Crippen molar-refractivity contribution in [1.82, 2.24) is 14.5 Å². The third-order valence-corrected chi connectivity index (χ3v) is 6.27. The van der Waals surface area contributed by atoms with Gasteiger partial charge in [-0.2, -0.15) is 0 Å². The molecule has 1 N–H and O–H groups in total. The topological polar surface area (TPSA) is 76.9 Å². The number of thiazole rings is 1. The lowest BCUT2D eigenvalue weighted by Gasteiger charge is -2.07. The summed E-state index contributed by atoms with van der Waals surface area (Å²) in [6, 6.07) is 5.40. The molecule has 0 atom stereocenters. The Balaban J connectivity index is 1.43. The van der Waals surface area contributed by atoms with E-state index in [0.29, 0.717) is 16.0 Å². The summed E-state index contributed by atoms with van der Waals surface area (Å²) in [5.41, 5.74) is 1.64. The number of carbonyl (C=O) groups is 1. The molecule has 4 rings (SSSR count). The summed E-state index contributed by atoms with van der Waals surface area (Å²) in [5, 5.41) is 4.09. The number of fused-ring (bicyclic) bond motifs is 2. The molecule has 1 aliphatic carbocycles. The third kappa shape index (κ3) is 4.11. The predicted molar refractivity (Wildman–Crippen MR) is 110 cm³/mol. The molecule has 6 nitrogen and oxygen atoms in total. The minimum absolute atomic E-state index is 0.139. The van der Waals surface area contributed by atoms with Gasteiger partial charge in [0.15, 0.2) is 5.13 Å². The van der Waals surface area contributed by atoms with E-state index in [-0.39, 0.29) is 24.4 Å². The zero-order valence-electron chi connectivity index (χ0n) is 14.7. The monoisotopic (exact) mass is 446 g/mol. The van der Waals surface area contributed by atoms with E-state index in [1.165, 1.54) is 28.6 Å². The third-order valence-electron chi connectivity index (χ3n) is 4.71. The first kappa shape index (κ1) is 18.3. The first-order chi connectivity index (χ1) is 13.1. The van der Waals surface area contributed by atoms with Gasteiger partial charge in [-0.25, -0.2) is 9.97 Å².